The number of rotatable bonds is 7. The lowest BCUT2D eigenvalue weighted by atomic mass is 10.0. The van der Waals surface area contributed by atoms with Crippen molar-refractivity contribution in [2.24, 2.45) is 5.92 Å². The van der Waals surface area contributed by atoms with E-state index in [4.69, 9.17) is 5.11 Å². The number of anilines is 2. The van der Waals surface area contributed by atoms with Gasteiger partial charge in [-0.1, -0.05) is 25.1 Å². The van der Waals surface area contributed by atoms with Crippen LogP contribution in [0.5, 0.6) is 0 Å². The largest absolute Gasteiger partial charge is 0.481 e. The highest BCUT2D eigenvalue weighted by Crippen LogP contribution is 2.32. The number of carboxylic acids is 1. The lowest BCUT2D eigenvalue weighted by molar-refractivity contribution is -0.138. The number of benzene rings is 2. The molecule has 0 saturated heterocycles. The van der Waals surface area contributed by atoms with Crippen LogP contribution in [0, 0.1) is 5.92 Å². The molecule has 7 nitrogen and oxygen atoms in total. The molecular formula is C20H22N2O5S. The SMILES string of the molecule is CC(CC(=O)O)CC(=O)Nc1ccc(S(=O)(=O)N2CCc3ccccc32)cc1. The molecule has 1 atom stereocenters. The molecule has 1 aliphatic heterocycles. The van der Waals surface area contributed by atoms with Crippen molar-refractivity contribution < 1.29 is 23.1 Å². The van der Waals surface area contributed by atoms with Crippen LogP contribution in [0.4, 0.5) is 11.4 Å². The number of carbonyl (C=O) groups is 2. The zero-order chi connectivity index (χ0) is 20.3. The molecule has 2 N–H and O–H groups in total. The summed E-state index contributed by atoms with van der Waals surface area (Å²) in [6.07, 6.45) is 0.677. The highest BCUT2D eigenvalue weighted by atomic mass is 32.2. The molecule has 2 aromatic rings. The molecule has 0 aliphatic carbocycles. The topological polar surface area (TPSA) is 104 Å². The number of aliphatic carboxylic acids is 1. The number of carboxylic acid groups (broad SMARTS) is 1. The van der Waals surface area contributed by atoms with E-state index in [2.05, 4.69) is 5.32 Å². The third-order valence-corrected chi connectivity index (χ3v) is 6.45. The molecule has 3 rings (SSSR count). The molecule has 0 saturated carbocycles. The summed E-state index contributed by atoms with van der Waals surface area (Å²) in [7, 11) is -3.67. The Bertz CT molecular complexity index is 986. The van der Waals surface area contributed by atoms with E-state index in [0.29, 0.717) is 24.3 Å². The summed E-state index contributed by atoms with van der Waals surface area (Å²) in [6, 6.07) is 13.4. The van der Waals surface area contributed by atoms with Crippen molar-refractivity contribution in [2.75, 3.05) is 16.2 Å². The summed E-state index contributed by atoms with van der Waals surface area (Å²) < 4.78 is 27.3. The van der Waals surface area contributed by atoms with Gasteiger partial charge >= 0.3 is 5.97 Å². The third-order valence-electron chi connectivity index (χ3n) is 4.63. The molecule has 0 radical (unpaired) electrons. The highest BCUT2D eigenvalue weighted by Gasteiger charge is 2.30. The number of nitrogens with zero attached hydrogens (tertiary/aromatic N) is 1. The first-order chi connectivity index (χ1) is 13.3. The van der Waals surface area contributed by atoms with Gasteiger partial charge in [0.05, 0.1) is 10.6 Å². The van der Waals surface area contributed by atoms with Gasteiger partial charge in [-0.15, -0.1) is 0 Å². The Labute approximate surface area is 164 Å². The molecule has 0 spiro atoms. The monoisotopic (exact) mass is 402 g/mol. The average Bonchev–Trinajstić information content (AvgIpc) is 3.06. The maximum absolute atomic E-state index is 13.0. The second-order valence-corrected chi connectivity index (χ2v) is 8.80. The van der Waals surface area contributed by atoms with Crippen LogP contribution in [0.2, 0.25) is 0 Å². The van der Waals surface area contributed by atoms with Crippen LogP contribution in [0.3, 0.4) is 0 Å². The minimum atomic E-state index is -3.67. The molecule has 8 heteroatoms. The van der Waals surface area contributed by atoms with Gasteiger partial charge in [0.25, 0.3) is 10.0 Å². The first-order valence-electron chi connectivity index (χ1n) is 8.99. The summed E-state index contributed by atoms with van der Waals surface area (Å²) in [4.78, 5) is 22.8. The fourth-order valence-corrected chi connectivity index (χ4v) is 4.80. The van der Waals surface area contributed by atoms with Crippen molar-refractivity contribution in [1.82, 2.24) is 0 Å². The molecule has 0 aromatic heterocycles. The zero-order valence-electron chi connectivity index (χ0n) is 15.5. The Hall–Kier alpha value is -2.87. The maximum atomic E-state index is 13.0. The van der Waals surface area contributed by atoms with Crippen LogP contribution in [0.25, 0.3) is 0 Å². The zero-order valence-corrected chi connectivity index (χ0v) is 16.3. The molecule has 28 heavy (non-hydrogen) atoms. The number of nitrogens with one attached hydrogen (secondary N) is 1. The predicted molar refractivity (Wildman–Crippen MR) is 106 cm³/mol. The fourth-order valence-electron chi connectivity index (χ4n) is 3.29. The van der Waals surface area contributed by atoms with Crippen LogP contribution in [0.1, 0.15) is 25.3 Å². The van der Waals surface area contributed by atoms with Crippen LogP contribution < -0.4 is 9.62 Å². The van der Waals surface area contributed by atoms with Gasteiger partial charge in [0.1, 0.15) is 0 Å². The third kappa shape index (κ3) is 4.33. The number of carbonyl (C=O) groups excluding carboxylic acids is 1. The van der Waals surface area contributed by atoms with E-state index < -0.39 is 16.0 Å². The van der Waals surface area contributed by atoms with E-state index in [1.165, 1.54) is 28.6 Å². The van der Waals surface area contributed by atoms with Gasteiger partial charge in [0.15, 0.2) is 0 Å². The summed E-state index contributed by atoms with van der Waals surface area (Å²) in [5.74, 6) is -1.54. The van der Waals surface area contributed by atoms with Crippen molar-refractivity contribution in [3.8, 4) is 0 Å². The van der Waals surface area contributed by atoms with E-state index in [9.17, 15) is 18.0 Å². The smallest absolute Gasteiger partial charge is 0.303 e. The van der Waals surface area contributed by atoms with Crippen LogP contribution >= 0.6 is 0 Å². The number of hydrogen-bond donors (Lipinski definition) is 2. The number of hydrogen-bond acceptors (Lipinski definition) is 4. The van der Waals surface area contributed by atoms with Gasteiger partial charge < -0.3 is 10.4 Å². The second kappa shape index (κ2) is 8.02. The van der Waals surface area contributed by atoms with Crippen LogP contribution in [-0.2, 0) is 26.0 Å². The van der Waals surface area contributed by atoms with E-state index in [-0.39, 0.29) is 29.6 Å². The van der Waals surface area contributed by atoms with Crippen molar-refractivity contribution in [1.29, 1.82) is 0 Å². The van der Waals surface area contributed by atoms with Crippen molar-refractivity contribution >= 4 is 33.3 Å². The average molecular weight is 402 g/mol. The number of amides is 1. The molecule has 0 bridgehead atoms. The van der Waals surface area contributed by atoms with Crippen molar-refractivity contribution in [2.45, 2.75) is 31.1 Å². The number of sulfonamides is 1. The Morgan fingerprint density at radius 3 is 2.46 bits per heavy atom. The molecule has 148 valence electrons. The summed E-state index contributed by atoms with van der Waals surface area (Å²) in [5.41, 5.74) is 2.17. The van der Waals surface area contributed by atoms with Crippen LogP contribution in [-0.4, -0.2) is 31.9 Å². The molecule has 1 aliphatic rings. The maximum Gasteiger partial charge on any atom is 0.303 e. The van der Waals surface area contributed by atoms with Gasteiger partial charge in [-0.05, 0) is 48.2 Å². The lowest BCUT2D eigenvalue weighted by Crippen LogP contribution is -2.29. The normalized spacial score (nSPS) is 14.4. The molecular weight excluding hydrogens is 380 g/mol. The van der Waals surface area contributed by atoms with E-state index >= 15 is 0 Å². The second-order valence-electron chi connectivity index (χ2n) is 6.94. The van der Waals surface area contributed by atoms with E-state index in [0.717, 1.165) is 5.56 Å². The Kier molecular flexibility index (Phi) is 5.69. The minimum Gasteiger partial charge on any atom is -0.481 e. The molecule has 1 heterocycles. The Morgan fingerprint density at radius 2 is 1.79 bits per heavy atom. The summed E-state index contributed by atoms with van der Waals surface area (Å²) in [5, 5.41) is 11.4. The van der Waals surface area contributed by atoms with Crippen molar-refractivity contribution in [3.05, 3.63) is 54.1 Å². The number of fused-ring (bicyclic) bond motifs is 1. The van der Waals surface area contributed by atoms with Gasteiger partial charge in [-0.2, -0.15) is 0 Å². The fraction of sp³-hybridized carbons (Fsp3) is 0.300. The van der Waals surface area contributed by atoms with Gasteiger partial charge in [0.2, 0.25) is 5.91 Å². The van der Waals surface area contributed by atoms with Gasteiger partial charge in [-0.3, -0.25) is 13.9 Å². The van der Waals surface area contributed by atoms with Gasteiger partial charge in [-0.25, -0.2) is 8.42 Å². The molecule has 1 unspecified atom stereocenters. The first-order valence-corrected chi connectivity index (χ1v) is 10.4. The first kappa shape index (κ1) is 19.9. The lowest BCUT2D eigenvalue weighted by Gasteiger charge is -2.19. The summed E-state index contributed by atoms with van der Waals surface area (Å²) >= 11 is 0. The Balaban J connectivity index is 1.69. The van der Waals surface area contributed by atoms with Crippen LogP contribution in [0.15, 0.2) is 53.4 Å². The molecule has 0 fully saturated rings. The summed E-state index contributed by atoms with van der Waals surface area (Å²) in [6.45, 7) is 2.10. The molecule has 2 aromatic carbocycles. The standard InChI is InChI=1S/C20H22N2O5S/c1-14(13-20(24)25)12-19(23)21-16-6-8-17(9-7-16)28(26,27)22-11-10-15-4-2-3-5-18(15)22/h2-9,14H,10-13H2,1H3,(H,21,23)(H,24,25). The van der Waals surface area contributed by atoms with Crippen molar-refractivity contribution in [3.63, 3.8) is 0 Å². The van der Waals surface area contributed by atoms with Gasteiger partial charge in [0, 0.05) is 25.1 Å². The van der Waals surface area contributed by atoms with E-state index in [1.54, 1.807) is 13.0 Å². The highest BCUT2D eigenvalue weighted by molar-refractivity contribution is 7.92. The quantitative estimate of drug-likeness (QED) is 0.741. The van der Waals surface area contributed by atoms with E-state index in [1.807, 2.05) is 18.2 Å². The Morgan fingerprint density at radius 1 is 1.11 bits per heavy atom. The number of para-hydroxylation sites is 1. The predicted octanol–water partition coefficient (Wildman–Crippen LogP) is 2.88. The molecule has 1 amide bonds. The minimum absolute atomic E-state index is 0.0803.